The van der Waals surface area contributed by atoms with E-state index >= 15 is 0 Å². The van der Waals surface area contributed by atoms with Gasteiger partial charge in [-0.05, 0) is 58.9 Å². The van der Waals surface area contributed by atoms with Gasteiger partial charge in [0.25, 0.3) is 0 Å². The largest absolute Gasteiger partial charge is 0.493 e. The highest BCUT2D eigenvalue weighted by molar-refractivity contribution is 6.09. The van der Waals surface area contributed by atoms with E-state index in [1.807, 2.05) is 0 Å². The van der Waals surface area contributed by atoms with Crippen molar-refractivity contribution in [2.75, 3.05) is 14.2 Å². The fourth-order valence-corrected chi connectivity index (χ4v) is 5.58. The van der Waals surface area contributed by atoms with E-state index in [4.69, 9.17) is 23.7 Å². The molecule has 5 atom stereocenters. The van der Waals surface area contributed by atoms with Crippen LogP contribution >= 0.6 is 0 Å². The molecule has 2 aliphatic carbocycles. The molecule has 0 spiro atoms. The van der Waals surface area contributed by atoms with Crippen LogP contribution in [0.2, 0.25) is 0 Å². The van der Waals surface area contributed by atoms with Gasteiger partial charge in [0, 0.05) is 23.5 Å². The van der Waals surface area contributed by atoms with E-state index in [-0.39, 0.29) is 17.8 Å². The van der Waals surface area contributed by atoms with Crippen molar-refractivity contribution in [2.45, 2.75) is 58.8 Å². The highest BCUT2D eigenvalue weighted by Crippen LogP contribution is 2.51. The molecule has 1 aromatic rings. The predicted molar refractivity (Wildman–Crippen MR) is 136 cm³/mol. The molecule has 1 saturated heterocycles. The van der Waals surface area contributed by atoms with Crippen LogP contribution in [0.15, 0.2) is 52.6 Å². The van der Waals surface area contributed by atoms with Gasteiger partial charge in [0.15, 0.2) is 17.3 Å². The van der Waals surface area contributed by atoms with Gasteiger partial charge in [-0.2, -0.15) is 0 Å². The molecule has 9 heteroatoms. The minimum absolute atomic E-state index is 0.158. The fraction of sp³-hybridized carbons (Fsp3) is 0.448. The highest BCUT2D eigenvalue weighted by atomic mass is 16.6. The average molecular weight is 525 g/mol. The Hall–Kier alpha value is -3.88. The first-order valence-corrected chi connectivity index (χ1v) is 12.4. The van der Waals surface area contributed by atoms with E-state index in [1.165, 1.54) is 33.3 Å². The molecule has 0 bridgehead atoms. The Balaban J connectivity index is 1.78. The summed E-state index contributed by atoms with van der Waals surface area (Å²) >= 11 is 0. The Morgan fingerprint density at radius 3 is 2.42 bits per heavy atom. The molecule has 0 N–H and O–H groups in total. The fourth-order valence-electron chi connectivity index (χ4n) is 5.58. The summed E-state index contributed by atoms with van der Waals surface area (Å²) in [4.78, 5) is 52.4. The summed E-state index contributed by atoms with van der Waals surface area (Å²) in [7, 11) is 2.94. The smallest absolute Gasteiger partial charge is 0.351 e. The van der Waals surface area contributed by atoms with Gasteiger partial charge in [-0.3, -0.25) is 4.79 Å². The standard InChI is InChI=1S/C29H32O9/c1-8-14(2)26(31)38-29(5)24-21(36-27(32)17-9-10-19(34-6)20(13-17)35-7)12-16(4)22-18(30)11-15(3)23(22)25(24)37-28(29)33/h8-11,13,21,23-25H,12H2,1-7H3/t21-,23+,24+,25-,29-/m0/s1. The summed E-state index contributed by atoms with van der Waals surface area (Å²) in [6.07, 6.45) is 1.47. The number of hydrogen-bond donors (Lipinski definition) is 0. The number of carbonyl (C=O) groups excluding carboxylic acids is 4. The zero-order valence-electron chi connectivity index (χ0n) is 22.6. The third-order valence-corrected chi connectivity index (χ3v) is 7.70. The first-order chi connectivity index (χ1) is 18.0. The molecule has 1 aliphatic heterocycles. The summed E-state index contributed by atoms with van der Waals surface area (Å²) in [5.74, 6) is -2.87. The number of hydrogen-bond acceptors (Lipinski definition) is 9. The van der Waals surface area contributed by atoms with Crippen molar-refractivity contribution in [2.24, 2.45) is 11.8 Å². The lowest BCUT2D eigenvalue weighted by atomic mass is 9.77. The molecule has 38 heavy (non-hydrogen) atoms. The number of carbonyl (C=O) groups is 4. The van der Waals surface area contributed by atoms with Crippen molar-refractivity contribution >= 4 is 23.7 Å². The molecule has 0 radical (unpaired) electrons. The molecule has 4 rings (SSSR count). The lowest BCUT2D eigenvalue weighted by Crippen LogP contribution is -2.50. The van der Waals surface area contributed by atoms with Crippen LogP contribution in [0.1, 0.15) is 51.4 Å². The monoisotopic (exact) mass is 524 g/mol. The second kappa shape index (κ2) is 10.1. The maximum Gasteiger partial charge on any atom is 0.351 e. The number of fused-ring (bicyclic) bond motifs is 3. The Labute approximate surface area is 221 Å². The molecule has 1 fully saturated rings. The Bertz CT molecular complexity index is 1300. The van der Waals surface area contributed by atoms with E-state index < -0.39 is 47.6 Å². The Morgan fingerprint density at radius 2 is 1.79 bits per heavy atom. The molecule has 0 saturated carbocycles. The molecular weight excluding hydrogens is 492 g/mol. The maximum absolute atomic E-state index is 13.4. The van der Waals surface area contributed by atoms with Crippen LogP contribution in [0.4, 0.5) is 0 Å². The van der Waals surface area contributed by atoms with E-state index in [9.17, 15) is 19.2 Å². The number of ether oxygens (including phenoxy) is 5. The minimum Gasteiger partial charge on any atom is -0.493 e. The third-order valence-electron chi connectivity index (χ3n) is 7.70. The van der Waals surface area contributed by atoms with Gasteiger partial charge in [0.1, 0.15) is 12.2 Å². The third kappa shape index (κ3) is 4.40. The summed E-state index contributed by atoms with van der Waals surface area (Å²) in [6.45, 7) is 8.35. The number of esters is 3. The molecule has 1 aromatic carbocycles. The molecule has 202 valence electrons. The normalized spacial score (nSPS) is 28.6. The van der Waals surface area contributed by atoms with Crippen LogP contribution in [0.3, 0.4) is 0 Å². The van der Waals surface area contributed by atoms with Crippen LogP contribution in [-0.4, -0.2) is 55.7 Å². The maximum atomic E-state index is 13.4. The summed E-state index contributed by atoms with van der Waals surface area (Å²) in [6, 6.07) is 4.62. The van der Waals surface area contributed by atoms with Crippen molar-refractivity contribution in [1.29, 1.82) is 0 Å². The first-order valence-electron chi connectivity index (χ1n) is 12.4. The van der Waals surface area contributed by atoms with Gasteiger partial charge in [0.05, 0.1) is 25.7 Å². The van der Waals surface area contributed by atoms with Gasteiger partial charge < -0.3 is 23.7 Å². The second-order valence-corrected chi connectivity index (χ2v) is 10.0. The number of ketones is 1. The number of methoxy groups -OCH3 is 2. The van der Waals surface area contributed by atoms with Crippen LogP contribution in [0, 0.1) is 11.8 Å². The SMILES string of the molecule is CC=C(C)C(=O)O[C@]1(C)C(=O)O[C@H]2[C@@H]3C(C)=CC(=O)C3=C(C)C[C@H](OC(=O)c3ccc(OC)c(OC)c3)[C@H]21. The molecule has 0 unspecified atom stereocenters. The van der Waals surface area contributed by atoms with Crippen LogP contribution in [0.5, 0.6) is 11.5 Å². The van der Waals surface area contributed by atoms with E-state index in [1.54, 1.807) is 45.9 Å². The lowest BCUT2D eigenvalue weighted by molar-refractivity contribution is -0.173. The van der Waals surface area contributed by atoms with Crippen LogP contribution in [-0.2, 0) is 28.6 Å². The van der Waals surface area contributed by atoms with Crippen molar-refractivity contribution in [1.82, 2.24) is 0 Å². The average Bonchev–Trinajstić information content (AvgIpc) is 3.27. The van der Waals surface area contributed by atoms with Gasteiger partial charge >= 0.3 is 17.9 Å². The van der Waals surface area contributed by atoms with Crippen LogP contribution < -0.4 is 9.47 Å². The Kier molecular flexibility index (Phi) is 7.23. The van der Waals surface area contributed by atoms with Crippen LogP contribution in [0.25, 0.3) is 0 Å². The van der Waals surface area contributed by atoms with Crippen molar-refractivity contribution in [3.63, 3.8) is 0 Å². The minimum atomic E-state index is -1.75. The quantitative estimate of drug-likeness (QED) is 0.310. The molecular formula is C29H32O9. The van der Waals surface area contributed by atoms with Crippen molar-refractivity contribution in [3.8, 4) is 11.5 Å². The van der Waals surface area contributed by atoms with E-state index in [0.717, 1.165) is 11.1 Å². The zero-order valence-corrected chi connectivity index (χ0v) is 22.6. The van der Waals surface area contributed by atoms with Gasteiger partial charge in [-0.1, -0.05) is 17.2 Å². The molecule has 9 nitrogen and oxygen atoms in total. The molecule has 0 amide bonds. The first kappa shape index (κ1) is 27.2. The van der Waals surface area contributed by atoms with Gasteiger partial charge in [0.2, 0.25) is 5.60 Å². The molecule has 3 aliphatic rings. The predicted octanol–water partition coefficient (Wildman–Crippen LogP) is 3.90. The second-order valence-electron chi connectivity index (χ2n) is 10.0. The Morgan fingerprint density at radius 1 is 1.11 bits per heavy atom. The number of rotatable bonds is 6. The lowest BCUT2D eigenvalue weighted by Gasteiger charge is -2.34. The molecule has 0 aromatic heterocycles. The van der Waals surface area contributed by atoms with Crippen molar-refractivity contribution < 1.29 is 42.9 Å². The van der Waals surface area contributed by atoms with Gasteiger partial charge in [-0.15, -0.1) is 0 Å². The molecule has 1 heterocycles. The number of allylic oxidation sites excluding steroid dienone is 2. The topological polar surface area (TPSA) is 114 Å². The summed E-state index contributed by atoms with van der Waals surface area (Å²) in [5.41, 5.74) is 0.749. The van der Waals surface area contributed by atoms with E-state index in [2.05, 4.69) is 0 Å². The zero-order chi connectivity index (χ0) is 27.9. The number of benzene rings is 1. The summed E-state index contributed by atoms with van der Waals surface area (Å²) < 4.78 is 28.2. The van der Waals surface area contributed by atoms with E-state index in [0.29, 0.717) is 22.6 Å². The summed E-state index contributed by atoms with van der Waals surface area (Å²) in [5, 5.41) is 0. The van der Waals surface area contributed by atoms with Crippen molar-refractivity contribution in [3.05, 3.63) is 58.2 Å². The highest BCUT2D eigenvalue weighted by Gasteiger charge is 2.65. The van der Waals surface area contributed by atoms with Gasteiger partial charge in [-0.25, -0.2) is 14.4 Å².